The van der Waals surface area contributed by atoms with Crippen molar-refractivity contribution in [2.24, 2.45) is 4.99 Å². The molecule has 3 aromatic rings. The number of benzene rings is 2. The van der Waals surface area contributed by atoms with Crippen molar-refractivity contribution in [2.45, 2.75) is 19.8 Å². The maximum absolute atomic E-state index is 9.98. The molecule has 1 aromatic heterocycles. The first kappa shape index (κ1) is 18.2. The number of para-hydroxylation sites is 1. The molecule has 0 bridgehead atoms. The van der Waals surface area contributed by atoms with Crippen molar-refractivity contribution in [3.8, 4) is 29.2 Å². The van der Waals surface area contributed by atoms with Gasteiger partial charge in [0.05, 0.1) is 24.1 Å². The first-order chi connectivity index (χ1) is 13.2. The van der Waals surface area contributed by atoms with Crippen molar-refractivity contribution in [2.75, 3.05) is 6.61 Å². The highest BCUT2D eigenvalue weighted by atomic mass is 16.5. The van der Waals surface area contributed by atoms with Crippen LogP contribution in [0.3, 0.4) is 0 Å². The third-order valence-corrected chi connectivity index (χ3v) is 3.85. The van der Waals surface area contributed by atoms with E-state index in [1.165, 1.54) is 6.21 Å². The standard InChI is InChI=1S/C21H19N3O3/c1-2-3-12-26-17-10-8-15(9-11-17)20-24-19(21(25)27-20)14-23-18-7-5-4-6-16(18)13-22/h4-11,14,25H,2-3,12H2,1H3. The van der Waals surface area contributed by atoms with Crippen LogP contribution in [0.15, 0.2) is 57.9 Å². The molecule has 0 spiro atoms. The summed E-state index contributed by atoms with van der Waals surface area (Å²) in [4.78, 5) is 8.49. The average molecular weight is 361 g/mol. The normalized spacial score (nSPS) is 10.8. The van der Waals surface area contributed by atoms with Crippen molar-refractivity contribution in [1.29, 1.82) is 5.26 Å². The highest BCUT2D eigenvalue weighted by Gasteiger charge is 2.12. The van der Waals surface area contributed by atoms with Crippen molar-refractivity contribution >= 4 is 11.9 Å². The average Bonchev–Trinajstić information content (AvgIpc) is 3.08. The molecule has 0 aliphatic carbocycles. The largest absolute Gasteiger partial charge is 0.494 e. The molecule has 6 heteroatoms. The second-order valence-corrected chi connectivity index (χ2v) is 5.82. The lowest BCUT2D eigenvalue weighted by Gasteiger charge is -2.05. The Morgan fingerprint density at radius 1 is 1.22 bits per heavy atom. The summed E-state index contributed by atoms with van der Waals surface area (Å²) in [5.41, 5.74) is 1.85. The minimum atomic E-state index is -0.327. The van der Waals surface area contributed by atoms with Crippen molar-refractivity contribution in [3.63, 3.8) is 0 Å². The zero-order valence-corrected chi connectivity index (χ0v) is 14.9. The molecule has 0 radical (unpaired) electrons. The molecule has 0 aliphatic heterocycles. The third kappa shape index (κ3) is 4.53. The number of aromatic nitrogens is 1. The quantitative estimate of drug-likeness (QED) is 0.480. The maximum atomic E-state index is 9.98. The van der Waals surface area contributed by atoms with Gasteiger partial charge in [-0.05, 0) is 42.8 Å². The molecule has 3 rings (SSSR count). The Balaban J connectivity index is 1.76. The molecule has 0 fully saturated rings. The number of aromatic hydroxyl groups is 1. The number of unbranched alkanes of at least 4 members (excludes halogenated alkanes) is 1. The Labute approximate surface area is 157 Å². The lowest BCUT2D eigenvalue weighted by Crippen LogP contribution is -1.95. The molecule has 0 amide bonds. The SMILES string of the molecule is CCCCOc1ccc(-c2nc(C=Nc3ccccc3C#N)c(O)o2)cc1. The summed E-state index contributed by atoms with van der Waals surface area (Å²) < 4.78 is 11.0. The number of hydrogen-bond donors (Lipinski definition) is 1. The van der Waals surface area contributed by atoms with Crippen LogP contribution in [0, 0.1) is 11.3 Å². The zero-order valence-electron chi connectivity index (χ0n) is 14.9. The van der Waals surface area contributed by atoms with Crippen LogP contribution in [0.25, 0.3) is 11.5 Å². The fourth-order valence-corrected chi connectivity index (χ4v) is 2.37. The molecule has 1 heterocycles. The van der Waals surface area contributed by atoms with Crippen LogP contribution < -0.4 is 4.74 Å². The second kappa shape index (κ2) is 8.68. The van der Waals surface area contributed by atoms with Gasteiger partial charge in [0.25, 0.3) is 0 Å². The minimum absolute atomic E-state index is 0.195. The van der Waals surface area contributed by atoms with E-state index >= 15 is 0 Å². The van der Waals surface area contributed by atoms with Crippen LogP contribution in [-0.4, -0.2) is 22.9 Å². The molecule has 0 aliphatic rings. The number of nitriles is 1. The smallest absolute Gasteiger partial charge is 0.312 e. The Kier molecular flexibility index (Phi) is 5.85. The summed E-state index contributed by atoms with van der Waals surface area (Å²) in [5, 5.41) is 19.1. The summed E-state index contributed by atoms with van der Waals surface area (Å²) in [6.07, 6.45) is 3.46. The second-order valence-electron chi connectivity index (χ2n) is 5.82. The van der Waals surface area contributed by atoms with E-state index in [1.807, 2.05) is 24.3 Å². The fraction of sp³-hybridized carbons (Fsp3) is 0.190. The van der Waals surface area contributed by atoms with Gasteiger partial charge in [0, 0.05) is 5.56 Å². The third-order valence-electron chi connectivity index (χ3n) is 3.85. The molecule has 0 atom stereocenters. The van der Waals surface area contributed by atoms with Gasteiger partial charge in [-0.25, -0.2) is 4.98 Å². The summed E-state index contributed by atoms with van der Waals surface area (Å²) in [7, 11) is 0. The molecular formula is C21H19N3O3. The van der Waals surface area contributed by atoms with Gasteiger partial charge < -0.3 is 14.3 Å². The summed E-state index contributed by atoms with van der Waals surface area (Å²) in [6.45, 7) is 2.79. The van der Waals surface area contributed by atoms with Gasteiger partial charge in [0.15, 0.2) is 5.69 Å². The number of oxazole rings is 1. The van der Waals surface area contributed by atoms with Gasteiger partial charge in [-0.15, -0.1) is 0 Å². The Hall–Kier alpha value is -3.59. The number of hydrogen-bond acceptors (Lipinski definition) is 6. The van der Waals surface area contributed by atoms with E-state index in [4.69, 9.17) is 14.4 Å². The number of rotatable bonds is 7. The lowest BCUT2D eigenvalue weighted by molar-refractivity contribution is 0.309. The summed E-state index contributed by atoms with van der Waals surface area (Å²) in [6, 6.07) is 16.3. The van der Waals surface area contributed by atoms with Gasteiger partial charge in [0.1, 0.15) is 11.8 Å². The van der Waals surface area contributed by atoms with E-state index in [0.717, 1.165) is 18.6 Å². The minimum Gasteiger partial charge on any atom is -0.494 e. The Morgan fingerprint density at radius 2 is 2.00 bits per heavy atom. The fourth-order valence-electron chi connectivity index (χ4n) is 2.37. The van der Waals surface area contributed by atoms with E-state index in [0.29, 0.717) is 23.4 Å². The Bertz CT molecular complexity index is 969. The summed E-state index contributed by atoms with van der Waals surface area (Å²) >= 11 is 0. The van der Waals surface area contributed by atoms with E-state index < -0.39 is 0 Å². The molecule has 0 saturated heterocycles. The van der Waals surface area contributed by atoms with Crippen LogP contribution in [-0.2, 0) is 0 Å². The van der Waals surface area contributed by atoms with Gasteiger partial charge in [-0.2, -0.15) is 5.26 Å². The van der Waals surface area contributed by atoms with E-state index in [-0.39, 0.29) is 17.5 Å². The van der Waals surface area contributed by atoms with Crippen molar-refractivity contribution in [3.05, 3.63) is 59.8 Å². The molecule has 6 nitrogen and oxygen atoms in total. The lowest BCUT2D eigenvalue weighted by atomic mass is 10.2. The number of aliphatic imine (C=N–C) groups is 1. The molecule has 1 N–H and O–H groups in total. The van der Waals surface area contributed by atoms with Gasteiger partial charge in [0.2, 0.25) is 5.89 Å². The van der Waals surface area contributed by atoms with Crippen molar-refractivity contribution < 1.29 is 14.3 Å². The molecule has 2 aromatic carbocycles. The van der Waals surface area contributed by atoms with E-state index in [9.17, 15) is 5.11 Å². The number of nitrogens with zero attached hydrogens (tertiary/aromatic N) is 3. The predicted molar refractivity (Wildman–Crippen MR) is 102 cm³/mol. The highest BCUT2D eigenvalue weighted by molar-refractivity contribution is 5.83. The molecule has 0 saturated carbocycles. The maximum Gasteiger partial charge on any atom is 0.312 e. The van der Waals surface area contributed by atoms with Crippen molar-refractivity contribution in [1.82, 2.24) is 4.98 Å². The molecule has 136 valence electrons. The highest BCUT2D eigenvalue weighted by Crippen LogP contribution is 2.27. The topological polar surface area (TPSA) is 91.6 Å². The molecular weight excluding hydrogens is 342 g/mol. The van der Waals surface area contributed by atoms with E-state index in [1.54, 1.807) is 24.3 Å². The van der Waals surface area contributed by atoms with Crippen LogP contribution in [0.1, 0.15) is 31.0 Å². The van der Waals surface area contributed by atoms with Crippen LogP contribution >= 0.6 is 0 Å². The Morgan fingerprint density at radius 3 is 2.74 bits per heavy atom. The monoisotopic (exact) mass is 361 g/mol. The first-order valence-corrected chi connectivity index (χ1v) is 8.67. The number of ether oxygens (including phenoxy) is 1. The van der Waals surface area contributed by atoms with Crippen LogP contribution in [0.5, 0.6) is 11.7 Å². The van der Waals surface area contributed by atoms with Crippen LogP contribution in [0.2, 0.25) is 0 Å². The van der Waals surface area contributed by atoms with Gasteiger partial charge in [-0.1, -0.05) is 25.5 Å². The van der Waals surface area contributed by atoms with Crippen LogP contribution in [0.4, 0.5) is 5.69 Å². The van der Waals surface area contributed by atoms with E-state index in [2.05, 4.69) is 23.0 Å². The summed E-state index contributed by atoms with van der Waals surface area (Å²) in [5.74, 6) is 0.729. The molecule has 27 heavy (non-hydrogen) atoms. The molecule has 0 unspecified atom stereocenters. The zero-order chi connectivity index (χ0) is 19.1. The predicted octanol–water partition coefficient (Wildman–Crippen LogP) is 4.85. The van der Waals surface area contributed by atoms with Gasteiger partial charge >= 0.3 is 5.95 Å². The first-order valence-electron chi connectivity index (χ1n) is 8.67. The van der Waals surface area contributed by atoms with Gasteiger partial charge in [-0.3, -0.25) is 4.99 Å².